The number of nitrogens with zero attached hydrogens (tertiary/aromatic N) is 4. The smallest absolute Gasteiger partial charge is 0.176 e. The topological polar surface area (TPSA) is 31.2 Å². The summed E-state index contributed by atoms with van der Waals surface area (Å²) in [6.45, 7) is 18.3. The van der Waals surface area contributed by atoms with Crippen LogP contribution in [0.3, 0.4) is 0 Å². The number of hydrogen-bond donors (Lipinski definition) is 0. The van der Waals surface area contributed by atoms with Crippen molar-refractivity contribution in [3.8, 4) is 0 Å². The third-order valence-corrected chi connectivity index (χ3v) is 7.97. The minimum Gasteiger partial charge on any atom is -0.295 e. The highest BCUT2D eigenvalue weighted by molar-refractivity contribution is 6.80. The highest BCUT2D eigenvalue weighted by atomic mass is 28.3. The van der Waals surface area contributed by atoms with E-state index in [4.69, 9.17) is 10.2 Å². The van der Waals surface area contributed by atoms with E-state index in [1.165, 1.54) is 0 Å². The fraction of sp³-hybridized carbons (Fsp3) is 0.417. The van der Waals surface area contributed by atoms with E-state index in [0.717, 1.165) is 35.6 Å². The van der Waals surface area contributed by atoms with Crippen LogP contribution in [0, 0.1) is 0 Å². The molecule has 0 spiro atoms. The molecular formula is C24H38N4Si2. The summed E-state index contributed by atoms with van der Waals surface area (Å²) >= 11 is 0. The van der Waals surface area contributed by atoms with Crippen molar-refractivity contribution in [3.63, 3.8) is 0 Å². The molecule has 6 heteroatoms. The fourth-order valence-corrected chi connectivity index (χ4v) is 5.92. The predicted molar refractivity (Wildman–Crippen MR) is 140 cm³/mol. The van der Waals surface area contributed by atoms with Gasteiger partial charge in [-0.2, -0.15) is 10.2 Å². The van der Waals surface area contributed by atoms with E-state index in [0.29, 0.717) is 0 Å². The molecule has 0 aliphatic heterocycles. The van der Waals surface area contributed by atoms with Crippen molar-refractivity contribution in [1.82, 2.24) is 0 Å². The molecule has 0 saturated carbocycles. The van der Waals surface area contributed by atoms with Crippen LogP contribution in [-0.4, -0.2) is 27.9 Å². The number of hydrazone groups is 2. The zero-order valence-electron chi connectivity index (χ0n) is 20.0. The van der Waals surface area contributed by atoms with Crippen LogP contribution in [0.5, 0.6) is 0 Å². The van der Waals surface area contributed by atoms with E-state index < -0.39 is 16.5 Å². The molecule has 4 nitrogen and oxygen atoms in total. The van der Waals surface area contributed by atoms with Crippen molar-refractivity contribution in [2.45, 2.75) is 66.0 Å². The standard InChI is InChI=1S/C24H38N4Si2/c1-9-23(25-27(29(3,4)5)21-17-13-11-14-18-21)24(10-2)26-28(30(6,7)8)22-19-15-12-16-20-22/h11-20H,9-10H2,1-8H3. The first-order valence-electron chi connectivity index (χ1n) is 10.9. The monoisotopic (exact) mass is 438 g/mol. The normalized spacial score (nSPS) is 13.3. The molecule has 0 N–H and O–H groups in total. The minimum absolute atomic E-state index is 0.856. The predicted octanol–water partition coefficient (Wildman–Crippen LogP) is 7.20. The largest absolute Gasteiger partial charge is 0.295 e. The molecule has 0 amide bonds. The Morgan fingerprint density at radius 2 is 0.900 bits per heavy atom. The van der Waals surface area contributed by atoms with Gasteiger partial charge in [0.25, 0.3) is 0 Å². The Bertz CT molecular complexity index is 777. The lowest BCUT2D eigenvalue weighted by Gasteiger charge is -2.34. The maximum Gasteiger partial charge on any atom is 0.176 e. The van der Waals surface area contributed by atoms with Crippen LogP contribution in [0.15, 0.2) is 70.9 Å². The van der Waals surface area contributed by atoms with Crippen molar-refractivity contribution >= 4 is 39.3 Å². The van der Waals surface area contributed by atoms with Gasteiger partial charge in [0.1, 0.15) is 0 Å². The Hall–Kier alpha value is -2.19. The van der Waals surface area contributed by atoms with Crippen LogP contribution in [0.4, 0.5) is 11.4 Å². The SMILES string of the molecule is CCC(=NN(c1ccccc1)[Si](C)(C)C)C(CC)=NN(c1ccccc1)[Si](C)(C)C. The first-order valence-corrected chi connectivity index (χ1v) is 17.8. The number of para-hydroxylation sites is 2. The van der Waals surface area contributed by atoms with Crippen molar-refractivity contribution in [3.05, 3.63) is 60.7 Å². The fourth-order valence-electron chi connectivity index (χ4n) is 3.23. The molecule has 0 fully saturated rings. The zero-order valence-corrected chi connectivity index (χ0v) is 22.0. The Labute approximate surface area is 185 Å². The molecule has 0 aliphatic carbocycles. The van der Waals surface area contributed by atoms with Gasteiger partial charge in [0.2, 0.25) is 0 Å². The average molecular weight is 439 g/mol. The molecule has 0 bridgehead atoms. The molecule has 2 aromatic rings. The number of rotatable bonds is 9. The summed E-state index contributed by atoms with van der Waals surface area (Å²) in [5.41, 5.74) is 4.46. The lowest BCUT2D eigenvalue weighted by atomic mass is 10.1. The lowest BCUT2D eigenvalue weighted by Crippen LogP contribution is -2.45. The Morgan fingerprint density at radius 3 is 1.13 bits per heavy atom. The summed E-state index contributed by atoms with van der Waals surface area (Å²) in [4.78, 5) is 0. The summed E-state index contributed by atoms with van der Waals surface area (Å²) in [5, 5.41) is 10.4. The summed E-state index contributed by atoms with van der Waals surface area (Å²) in [6.07, 6.45) is 1.71. The molecule has 0 aromatic heterocycles. The second-order valence-electron chi connectivity index (χ2n) is 9.44. The average Bonchev–Trinajstić information content (AvgIpc) is 2.70. The Balaban J connectivity index is 2.56. The Morgan fingerprint density at radius 1 is 0.600 bits per heavy atom. The zero-order chi connectivity index (χ0) is 22.4. The number of benzene rings is 2. The summed E-state index contributed by atoms with van der Waals surface area (Å²) in [5.74, 6) is 0. The second kappa shape index (κ2) is 10.2. The van der Waals surface area contributed by atoms with E-state index in [9.17, 15) is 0 Å². The first kappa shape index (κ1) is 24.1. The van der Waals surface area contributed by atoms with Crippen molar-refractivity contribution in [1.29, 1.82) is 0 Å². The molecule has 0 atom stereocenters. The van der Waals surface area contributed by atoms with Gasteiger partial charge in [-0.3, -0.25) is 9.35 Å². The van der Waals surface area contributed by atoms with Crippen molar-refractivity contribution in [2.24, 2.45) is 10.2 Å². The molecule has 0 radical (unpaired) electrons. The van der Waals surface area contributed by atoms with Crippen LogP contribution in [0.2, 0.25) is 39.3 Å². The van der Waals surface area contributed by atoms with E-state index in [1.54, 1.807) is 0 Å². The second-order valence-corrected chi connectivity index (χ2v) is 19.0. The van der Waals surface area contributed by atoms with Gasteiger partial charge < -0.3 is 0 Å². The maximum atomic E-state index is 5.21. The Kier molecular flexibility index (Phi) is 8.20. The third-order valence-electron chi connectivity index (χ3n) is 4.72. The number of hydrogen-bond acceptors (Lipinski definition) is 4. The first-order chi connectivity index (χ1) is 14.1. The molecule has 0 heterocycles. The summed E-state index contributed by atoms with van der Waals surface area (Å²) in [6, 6.07) is 21.0. The van der Waals surface area contributed by atoms with Crippen molar-refractivity contribution in [2.75, 3.05) is 9.35 Å². The van der Waals surface area contributed by atoms with E-state index in [2.05, 4.69) is 123 Å². The van der Waals surface area contributed by atoms with E-state index >= 15 is 0 Å². The highest BCUT2D eigenvalue weighted by Gasteiger charge is 2.27. The van der Waals surface area contributed by atoms with Gasteiger partial charge in [-0.1, -0.05) is 50.2 Å². The maximum absolute atomic E-state index is 5.21. The molecule has 0 unspecified atom stereocenters. The molecule has 2 aromatic carbocycles. The minimum atomic E-state index is -1.72. The highest BCUT2D eigenvalue weighted by Crippen LogP contribution is 2.24. The van der Waals surface area contributed by atoms with Gasteiger partial charge in [0.15, 0.2) is 16.5 Å². The van der Waals surface area contributed by atoms with Gasteiger partial charge in [0, 0.05) is 11.4 Å². The number of anilines is 2. The molecular weight excluding hydrogens is 400 g/mol. The molecule has 162 valence electrons. The van der Waals surface area contributed by atoms with Gasteiger partial charge in [-0.15, -0.1) is 0 Å². The quantitative estimate of drug-likeness (QED) is 0.235. The van der Waals surface area contributed by atoms with Crippen LogP contribution in [-0.2, 0) is 0 Å². The van der Waals surface area contributed by atoms with E-state index in [-0.39, 0.29) is 0 Å². The van der Waals surface area contributed by atoms with Crippen molar-refractivity contribution < 1.29 is 0 Å². The van der Waals surface area contributed by atoms with Crippen LogP contribution >= 0.6 is 0 Å². The van der Waals surface area contributed by atoms with Crippen LogP contribution in [0.1, 0.15) is 26.7 Å². The molecule has 0 aliphatic rings. The molecule has 2 rings (SSSR count). The van der Waals surface area contributed by atoms with Crippen LogP contribution in [0.25, 0.3) is 0 Å². The molecule has 0 saturated heterocycles. The van der Waals surface area contributed by atoms with E-state index in [1.807, 2.05) is 0 Å². The molecule has 30 heavy (non-hydrogen) atoms. The van der Waals surface area contributed by atoms with Gasteiger partial charge in [-0.05, 0) is 76.4 Å². The third kappa shape index (κ3) is 6.41. The van der Waals surface area contributed by atoms with Crippen LogP contribution < -0.4 is 9.35 Å². The lowest BCUT2D eigenvalue weighted by molar-refractivity contribution is 1.07. The summed E-state index contributed by atoms with van der Waals surface area (Å²) < 4.78 is 4.52. The summed E-state index contributed by atoms with van der Waals surface area (Å²) in [7, 11) is -3.44. The van der Waals surface area contributed by atoms with Gasteiger partial charge in [0.05, 0.1) is 11.4 Å². The van der Waals surface area contributed by atoms with Gasteiger partial charge in [-0.25, -0.2) is 0 Å². The van der Waals surface area contributed by atoms with Gasteiger partial charge >= 0.3 is 0 Å².